The van der Waals surface area contributed by atoms with Crippen LogP contribution in [0.1, 0.15) is 30.4 Å². The summed E-state index contributed by atoms with van der Waals surface area (Å²) in [5.41, 5.74) is -5.27. The molecule has 2 aliphatic rings. The van der Waals surface area contributed by atoms with Crippen molar-refractivity contribution in [3.63, 3.8) is 0 Å². The van der Waals surface area contributed by atoms with Crippen molar-refractivity contribution < 1.29 is 30.5 Å². The van der Waals surface area contributed by atoms with Gasteiger partial charge in [0, 0.05) is 6.08 Å². The van der Waals surface area contributed by atoms with Gasteiger partial charge in [-0.05, 0) is 38.3 Å². The molecule has 120 valence electrons. The van der Waals surface area contributed by atoms with Crippen molar-refractivity contribution in [3.05, 3.63) is 35.4 Å². The van der Waals surface area contributed by atoms with Gasteiger partial charge in [-0.15, -0.1) is 0 Å². The lowest BCUT2D eigenvalue weighted by molar-refractivity contribution is -0.0512. The molecule has 1 aliphatic heterocycles. The average molecular weight is 334 g/mol. The van der Waals surface area contributed by atoms with E-state index in [2.05, 4.69) is 4.18 Å². The summed E-state index contributed by atoms with van der Waals surface area (Å²) in [5, 5.41) is 0. The van der Waals surface area contributed by atoms with Crippen molar-refractivity contribution in [2.45, 2.75) is 37.3 Å². The lowest BCUT2D eigenvalue weighted by atomic mass is 9.78. The van der Waals surface area contributed by atoms with Crippen molar-refractivity contribution in [1.82, 2.24) is 0 Å². The normalized spacial score (nSPS) is 19.7. The number of hydrogen-bond donors (Lipinski definition) is 0. The summed E-state index contributed by atoms with van der Waals surface area (Å²) in [4.78, 5) is 0. The molecule has 0 unspecified atom stereocenters. The molecule has 22 heavy (non-hydrogen) atoms. The maximum atomic E-state index is 12.6. The summed E-state index contributed by atoms with van der Waals surface area (Å²) in [7, 11) is -5.71. The van der Waals surface area contributed by atoms with Gasteiger partial charge in [0.05, 0.1) is 5.56 Å². The summed E-state index contributed by atoms with van der Waals surface area (Å²) in [6, 6.07) is 4.90. The standard InChI is InChI=1S/C14H13F3O4S/c1-9-3-4-11-10(7-9)12(8-13(20-11)5-2-6-13)21-22(18,19)14(15,16)17/h3-4,7-8H,2,5-6H2,1H3. The Morgan fingerprint density at radius 2 is 1.95 bits per heavy atom. The van der Waals surface area contributed by atoms with Crippen LogP contribution in [0.25, 0.3) is 5.76 Å². The molecule has 1 saturated carbocycles. The Kier molecular flexibility index (Phi) is 3.21. The van der Waals surface area contributed by atoms with Crippen LogP contribution in [0.5, 0.6) is 5.75 Å². The maximum absolute atomic E-state index is 12.6. The highest BCUT2D eigenvalue weighted by Crippen LogP contribution is 2.47. The topological polar surface area (TPSA) is 52.6 Å². The first kappa shape index (κ1) is 15.2. The third kappa shape index (κ3) is 2.45. The molecule has 1 aromatic rings. The van der Waals surface area contributed by atoms with Crippen molar-refractivity contribution >= 4 is 15.9 Å². The number of fused-ring (bicyclic) bond motifs is 1. The number of aryl methyl sites for hydroxylation is 1. The second-order valence-electron chi connectivity index (χ2n) is 5.51. The second kappa shape index (κ2) is 4.65. The molecule has 1 heterocycles. The fourth-order valence-electron chi connectivity index (χ4n) is 2.50. The summed E-state index contributed by atoms with van der Waals surface area (Å²) in [6.07, 6.45) is 3.43. The van der Waals surface area contributed by atoms with Gasteiger partial charge in [-0.2, -0.15) is 21.6 Å². The molecule has 1 spiro atoms. The average Bonchev–Trinajstić information content (AvgIpc) is 2.35. The molecule has 0 radical (unpaired) electrons. The van der Waals surface area contributed by atoms with Crippen molar-refractivity contribution in [2.75, 3.05) is 0 Å². The lowest BCUT2D eigenvalue weighted by Gasteiger charge is -2.42. The molecule has 0 amide bonds. The summed E-state index contributed by atoms with van der Waals surface area (Å²) >= 11 is 0. The minimum atomic E-state index is -5.71. The molecule has 0 aromatic heterocycles. The predicted molar refractivity (Wildman–Crippen MR) is 72.4 cm³/mol. The molecule has 0 bridgehead atoms. The zero-order chi connectivity index (χ0) is 16.2. The van der Waals surface area contributed by atoms with Crippen molar-refractivity contribution in [1.29, 1.82) is 0 Å². The molecule has 8 heteroatoms. The quantitative estimate of drug-likeness (QED) is 0.613. The van der Waals surface area contributed by atoms with Crippen LogP contribution in [0.2, 0.25) is 0 Å². The van der Waals surface area contributed by atoms with Gasteiger partial charge in [0.2, 0.25) is 0 Å². The van der Waals surface area contributed by atoms with Gasteiger partial charge in [0.1, 0.15) is 11.4 Å². The van der Waals surface area contributed by atoms with Crippen LogP contribution in [0.15, 0.2) is 24.3 Å². The molecular formula is C14H13F3O4S. The van der Waals surface area contributed by atoms with Gasteiger partial charge >= 0.3 is 15.6 Å². The van der Waals surface area contributed by atoms with Crippen LogP contribution in [0.3, 0.4) is 0 Å². The van der Waals surface area contributed by atoms with Crippen LogP contribution in [-0.4, -0.2) is 19.5 Å². The van der Waals surface area contributed by atoms with E-state index in [1.54, 1.807) is 25.1 Å². The molecule has 0 atom stereocenters. The second-order valence-corrected chi connectivity index (χ2v) is 7.05. The smallest absolute Gasteiger partial charge is 0.482 e. The first-order valence-corrected chi connectivity index (χ1v) is 8.06. The highest BCUT2D eigenvalue weighted by Gasteiger charge is 2.50. The zero-order valence-electron chi connectivity index (χ0n) is 11.6. The number of alkyl halides is 3. The van der Waals surface area contributed by atoms with Crippen LogP contribution >= 0.6 is 0 Å². The minimum absolute atomic E-state index is 0.213. The van der Waals surface area contributed by atoms with E-state index in [-0.39, 0.29) is 11.3 Å². The number of halogens is 3. The number of rotatable bonds is 2. The SMILES string of the molecule is Cc1ccc2c(c1)C(OS(=O)(=O)C(F)(F)F)=CC1(CCC1)O2. The van der Waals surface area contributed by atoms with E-state index in [4.69, 9.17) is 4.74 Å². The molecule has 0 saturated heterocycles. The summed E-state index contributed by atoms with van der Waals surface area (Å²) < 4.78 is 70.5. The fraction of sp³-hybridized carbons (Fsp3) is 0.429. The van der Waals surface area contributed by atoms with Crippen molar-refractivity contribution in [3.8, 4) is 5.75 Å². The van der Waals surface area contributed by atoms with E-state index in [0.717, 1.165) is 12.0 Å². The Morgan fingerprint density at radius 1 is 1.27 bits per heavy atom. The van der Waals surface area contributed by atoms with Gasteiger partial charge in [-0.25, -0.2) is 0 Å². The Bertz CT molecular complexity index is 746. The van der Waals surface area contributed by atoms with Gasteiger partial charge < -0.3 is 8.92 Å². The predicted octanol–water partition coefficient (Wildman–Crippen LogP) is 3.52. The van der Waals surface area contributed by atoms with E-state index in [1.807, 2.05) is 0 Å². The van der Waals surface area contributed by atoms with E-state index >= 15 is 0 Å². The van der Waals surface area contributed by atoms with E-state index in [1.165, 1.54) is 6.08 Å². The van der Waals surface area contributed by atoms with Crippen molar-refractivity contribution in [2.24, 2.45) is 0 Å². The van der Waals surface area contributed by atoms with Crippen LogP contribution in [-0.2, 0) is 14.3 Å². The molecule has 1 fully saturated rings. The van der Waals surface area contributed by atoms with Crippen LogP contribution in [0.4, 0.5) is 13.2 Å². The monoisotopic (exact) mass is 334 g/mol. The largest absolute Gasteiger partial charge is 0.534 e. The third-order valence-corrected chi connectivity index (χ3v) is 4.76. The van der Waals surface area contributed by atoms with E-state index in [9.17, 15) is 21.6 Å². The Balaban J connectivity index is 2.06. The number of hydrogen-bond acceptors (Lipinski definition) is 4. The molecule has 0 N–H and O–H groups in total. The van der Waals surface area contributed by atoms with E-state index < -0.39 is 21.2 Å². The minimum Gasteiger partial charge on any atom is -0.482 e. The lowest BCUT2D eigenvalue weighted by Crippen LogP contribution is -2.43. The highest BCUT2D eigenvalue weighted by atomic mass is 32.2. The molecule has 4 nitrogen and oxygen atoms in total. The first-order chi connectivity index (χ1) is 10.1. The summed E-state index contributed by atoms with van der Waals surface area (Å²) in [6.45, 7) is 1.74. The Labute approximate surface area is 125 Å². The zero-order valence-corrected chi connectivity index (χ0v) is 12.4. The Hall–Kier alpha value is -1.70. The number of ether oxygens (including phenoxy) is 1. The van der Waals surface area contributed by atoms with Crippen LogP contribution in [0, 0.1) is 6.92 Å². The van der Waals surface area contributed by atoms with Gasteiger partial charge in [0.15, 0.2) is 5.76 Å². The Morgan fingerprint density at radius 3 is 2.50 bits per heavy atom. The third-order valence-electron chi connectivity index (χ3n) is 3.79. The van der Waals surface area contributed by atoms with Gasteiger partial charge in [-0.1, -0.05) is 11.6 Å². The maximum Gasteiger partial charge on any atom is 0.534 e. The molecule has 3 rings (SSSR count). The molecule has 1 aromatic carbocycles. The summed E-state index contributed by atoms with van der Waals surface area (Å²) in [5.74, 6) is 0.0159. The molecule has 1 aliphatic carbocycles. The fourth-order valence-corrected chi connectivity index (χ4v) is 2.97. The first-order valence-electron chi connectivity index (χ1n) is 6.66. The van der Waals surface area contributed by atoms with Gasteiger partial charge in [0.25, 0.3) is 0 Å². The number of benzene rings is 1. The van der Waals surface area contributed by atoms with E-state index in [0.29, 0.717) is 18.6 Å². The van der Waals surface area contributed by atoms with Gasteiger partial charge in [-0.3, -0.25) is 0 Å². The highest BCUT2D eigenvalue weighted by molar-refractivity contribution is 7.87. The molecular weight excluding hydrogens is 321 g/mol. The van der Waals surface area contributed by atoms with Crippen LogP contribution < -0.4 is 4.74 Å².